The molecule has 0 amide bonds. The van der Waals surface area contributed by atoms with Crippen molar-refractivity contribution in [1.82, 2.24) is 0 Å². The summed E-state index contributed by atoms with van der Waals surface area (Å²) in [7, 11) is -5.32. The third-order valence-electron chi connectivity index (χ3n) is 3.87. The number of rotatable bonds is 6. The first kappa shape index (κ1) is 19.0. The number of sulfonamides is 1. The monoisotopic (exact) mass is 383 g/mol. The van der Waals surface area contributed by atoms with Crippen LogP contribution in [0.4, 0.5) is 5.69 Å². The Morgan fingerprint density at radius 2 is 1.52 bits per heavy atom. The summed E-state index contributed by atoms with van der Waals surface area (Å²) in [5.74, 6) is 0.756. The third kappa shape index (κ3) is 4.68. The van der Waals surface area contributed by atoms with E-state index in [0.29, 0.717) is 22.6 Å². The van der Waals surface area contributed by atoms with Crippen molar-refractivity contribution in [3.8, 4) is 11.5 Å². The van der Waals surface area contributed by atoms with Crippen LogP contribution in [-0.2, 0) is 10.0 Å². The largest absolute Gasteiger partial charge is 0.488 e. The molecule has 0 aliphatic rings. The van der Waals surface area contributed by atoms with Crippen LogP contribution in [0.2, 0.25) is 0 Å². The summed E-state index contributed by atoms with van der Waals surface area (Å²) in [6, 6.07) is 19.4. The molecule has 0 aliphatic heterocycles. The standard InChI is InChI=1S/C19H18BNO5S/c1-14-6-12-17(13-7-14)27(24,25)21-18-4-2-3-5-19(18)26-16-10-8-15(9-11-16)20(22)23/h2-13,21-23H,1H3. The molecule has 0 atom stereocenters. The highest BCUT2D eigenvalue weighted by Crippen LogP contribution is 2.30. The van der Waals surface area contributed by atoms with E-state index < -0.39 is 17.1 Å². The molecular formula is C19H18BNO5S. The van der Waals surface area contributed by atoms with E-state index in [4.69, 9.17) is 14.8 Å². The summed E-state index contributed by atoms with van der Waals surface area (Å²) in [5.41, 5.74) is 1.59. The molecule has 138 valence electrons. The summed E-state index contributed by atoms with van der Waals surface area (Å²) >= 11 is 0. The van der Waals surface area contributed by atoms with Crippen LogP contribution in [0, 0.1) is 6.92 Å². The lowest BCUT2D eigenvalue weighted by Crippen LogP contribution is -2.29. The van der Waals surface area contributed by atoms with Crippen LogP contribution >= 0.6 is 0 Å². The Kier molecular flexibility index (Phi) is 5.50. The molecule has 3 rings (SSSR count). The van der Waals surface area contributed by atoms with Gasteiger partial charge in [0.05, 0.1) is 10.6 Å². The Hall–Kier alpha value is -2.81. The highest BCUT2D eigenvalue weighted by molar-refractivity contribution is 7.92. The molecule has 3 aromatic carbocycles. The highest BCUT2D eigenvalue weighted by Gasteiger charge is 2.17. The number of para-hydroxylation sites is 2. The predicted octanol–water partition coefficient (Wildman–Crippen LogP) is 2.27. The molecule has 0 saturated carbocycles. The summed E-state index contributed by atoms with van der Waals surface area (Å²) < 4.78 is 33.5. The predicted molar refractivity (Wildman–Crippen MR) is 105 cm³/mol. The minimum Gasteiger partial charge on any atom is -0.455 e. The van der Waals surface area contributed by atoms with Crippen molar-refractivity contribution < 1.29 is 23.2 Å². The van der Waals surface area contributed by atoms with E-state index >= 15 is 0 Å². The molecule has 8 heteroatoms. The number of hydrogen-bond acceptors (Lipinski definition) is 5. The fourth-order valence-electron chi connectivity index (χ4n) is 2.40. The second-order valence-electron chi connectivity index (χ2n) is 5.96. The summed E-state index contributed by atoms with van der Waals surface area (Å²) in [5, 5.41) is 18.3. The molecule has 0 aromatic heterocycles. The van der Waals surface area contributed by atoms with Gasteiger partial charge in [0.2, 0.25) is 0 Å². The van der Waals surface area contributed by atoms with Gasteiger partial charge >= 0.3 is 7.12 Å². The first-order valence-electron chi connectivity index (χ1n) is 8.17. The van der Waals surface area contributed by atoms with Crippen LogP contribution in [-0.4, -0.2) is 25.6 Å². The number of nitrogens with one attached hydrogen (secondary N) is 1. The molecule has 3 N–H and O–H groups in total. The molecular weight excluding hydrogens is 365 g/mol. The minimum absolute atomic E-state index is 0.157. The van der Waals surface area contributed by atoms with Gasteiger partial charge in [0.25, 0.3) is 10.0 Å². The normalized spacial score (nSPS) is 11.1. The topological polar surface area (TPSA) is 95.9 Å². The van der Waals surface area contributed by atoms with E-state index in [9.17, 15) is 8.42 Å². The molecule has 0 fully saturated rings. The van der Waals surface area contributed by atoms with Gasteiger partial charge in [0, 0.05) is 0 Å². The zero-order valence-corrected chi connectivity index (χ0v) is 15.3. The smallest absolute Gasteiger partial charge is 0.455 e. The Morgan fingerprint density at radius 1 is 0.889 bits per heavy atom. The van der Waals surface area contributed by atoms with Gasteiger partial charge in [-0.3, -0.25) is 4.72 Å². The molecule has 0 bridgehead atoms. The van der Waals surface area contributed by atoms with E-state index in [0.717, 1.165) is 5.56 Å². The number of aryl methyl sites for hydroxylation is 1. The lowest BCUT2D eigenvalue weighted by molar-refractivity contribution is 0.425. The quantitative estimate of drug-likeness (QED) is 0.568. The molecule has 0 unspecified atom stereocenters. The van der Waals surface area contributed by atoms with Gasteiger partial charge in [-0.15, -0.1) is 0 Å². The zero-order chi connectivity index (χ0) is 19.4. The van der Waals surface area contributed by atoms with Crippen LogP contribution in [0.15, 0.2) is 77.7 Å². The number of anilines is 1. The Morgan fingerprint density at radius 3 is 2.15 bits per heavy atom. The average molecular weight is 383 g/mol. The lowest BCUT2D eigenvalue weighted by atomic mass is 9.80. The van der Waals surface area contributed by atoms with Crippen LogP contribution in [0.1, 0.15) is 5.56 Å². The van der Waals surface area contributed by atoms with Gasteiger partial charge in [0.1, 0.15) is 5.75 Å². The first-order chi connectivity index (χ1) is 12.8. The van der Waals surface area contributed by atoms with Crippen molar-refractivity contribution in [1.29, 1.82) is 0 Å². The van der Waals surface area contributed by atoms with Gasteiger partial charge in [0.15, 0.2) is 5.75 Å². The Balaban J connectivity index is 1.84. The molecule has 27 heavy (non-hydrogen) atoms. The maximum atomic E-state index is 12.6. The van der Waals surface area contributed by atoms with E-state index in [2.05, 4.69) is 4.72 Å². The summed E-state index contributed by atoms with van der Waals surface area (Å²) in [6.45, 7) is 1.88. The van der Waals surface area contributed by atoms with Crippen molar-refractivity contribution in [2.45, 2.75) is 11.8 Å². The minimum atomic E-state index is -3.76. The van der Waals surface area contributed by atoms with E-state index in [1.54, 1.807) is 60.7 Å². The van der Waals surface area contributed by atoms with E-state index in [1.807, 2.05) is 6.92 Å². The number of benzene rings is 3. The highest BCUT2D eigenvalue weighted by atomic mass is 32.2. The van der Waals surface area contributed by atoms with Crippen molar-refractivity contribution in [2.24, 2.45) is 0 Å². The second-order valence-corrected chi connectivity index (χ2v) is 7.64. The maximum absolute atomic E-state index is 12.6. The number of ether oxygens (including phenoxy) is 1. The molecule has 0 radical (unpaired) electrons. The fraction of sp³-hybridized carbons (Fsp3) is 0.0526. The summed E-state index contributed by atoms with van der Waals surface area (Å²) in [6.07, 6.45) is 0. The van der Waals surface area contributed by atoms with Crippen LogP contribution in [0.3, 0.4) is 0 Å². The van der Waals surface area contributed by atoms with Gasteiger partial charge in [-0.1, -0.05) is 42.0 Å². The van der Waals surface area contributed by atoms with Gasteiger partial charge in [-0.05, 0) is 48.8 Å². The van der Waals surface area contributed by atoms with E-state index in [1.165, 1.54) is 12.1 Å². The van der Waals surface area contributed by atoms with Gasteiger partial charge in [-0.25, -0.2) is 8.42 Å². The summed E-state index contributed by atoms with van der Waals surface area (Å²) in [4.78, 5) is 0.157. The lowest BCUT2D eigenvalue weighted by Gasteiger charge is -2.14. The molecule has 0 aliphatic carbocycles. The van der Waals surface area contributed by atoms with Crippen molar-refractivity contribution in [3.05, 3.63) is 78.4 Å². The SMILES string of the molecule is Cc1ccc(S(=O)(=O)Nc2ccccc2Oc2ccc(B(O)O)cc2)cc1. The first-order valence-corrected chi connectivity index (χ1v) is 9.66. The van der Waals surface area contributed by atoms with Crippen LogP contribution in [0.25, 0.3) is 0 Å². The zero-order valence-electron chi connectivity index (χ0n) is 14.5. The van der Waals surface area contributed by atoms with Gasteiger partial charge < -0.3 is 14.8 Å². The number of hydrogen-bond donors (Lipinski definition) is 3. The third-order valence-corrected chi connectivity index (χ3v) is 5.25. The Labute approximate surface area is 158 Å². The van der Waals surface area contributed by atoms with Crippen LogP contribution < -0.4 is 14.9 Å². The molecule has 0 saturated heterocycles. The maximum Gasteiger partial charge on any atom is 0.488 e. The second kappa shape index (κ2) is 7.83. The molecule has 3 aromatic rings. The van der Waals surface area contributed by atoms with E-state index in [-0.39, 0.29) is 4.90 Å². The fourth-order valence-corrected chi connectivity index (χ4v) is 3.47. The average Bonchev–Trinajstić information content (AvgIpc) is 2.64. The van der Waals surface area contributed by atoms with Crippen molar-refractivity contribution in [2.75, 3.05) is 4.72 Å². The van der Waals surface area contributed by atoms with Crippen molar-refractivity contribution >= 4 is 28.3 Å². The van der Waals surface area contributed by atoms with Crippen molar-refractivity contribution in [3.63, 3.8) is 0 Å². The van der Waals surface area contributed by atoms with Gasteiger partial charge in [-0.2, -0.15) is 0 Å². The molecule has 0 spiro atoms. The van der Waals surface area contributed by atoms with Crippen LogP contribution in [0.5, 0.6) is 11.5 Å². The Bertz CT molecular complexity index is 1020. The molecule has 0 heterocycles. The molecule has 6 nitrogen and oxygen atoms in total.